The lowest BCUT2D eigenvalue weighted by Crippen LogP contribution is -2.40. The van der Waals surface area contributed by atoms with Crippen LogP contribution >= 0.6 is 0 Å². The summed E-state index contributed by atoms with van der Waals surface area (Å²) in [6, 6.07) is 0.621. The number of aryl methyl sites for hydroxylation is 1. The maximum Gasteiger partial charge on any atom is 0.137 e. The van der Waals surface area contributed by atoms with Crippen LogP contribution in [-0.4, -0.2) is 22.6 Å². The molecule has 0 bridgehead atoms. The Morgan fingerprint density at radius 3 is 2.78 bits per heavy atom. The van der Waals surface area contributed by atoms with E-state index in [1.54, 1.807) is 0 Å². The number of piperidine rings is 1. The first kappa shape index (κ1) is 13.1. The van der Waals surface area contributed by atoms with Crippen molar-refractivity contribution in [3.63, 3.8) is 0 Å². The van der Waals surface area contributed by atoms with Gasteiger partial charge in [-0.1, -0.05) is 13.3 Å². The molecule has 2 N–H and O–H groups in total. The fraction of sp³-hybridized carbons (Fsp3) is 0.714. The third-order valence-corrected chi connectivity index (χ3v) is 3.79. The minimum Gasteiger partial charge on any atom is -0.383 e. The third-order valence-electron chi connectivity index (χ3n) is 3.79. The second-order valence-corrected chi connectivity index (χ2v) is 5.24. The highest BCUT2D eigenvalue weighted by atomic mass is 15.2. The zero-order valence-electron chi connectivity index (χ0n) is 11.7. The van der Waals surface area contributed by atoms with E-state index in [9.17, 15) is 0 Å². The first-order valence-corrected chi connectivity index (χ1v) is 7.00. The Hall–Kier alpha value is -1.32. The molecule has 4 nitrogen and oxygen atoms in total. The van der Waals surface area contributed by atoms with Gasteiger partial charge in [-0.15, -0.1) is 0 Å². The number of nitrogens with two attached hydrogens (primary N) is 1. The minimum atomic E-state index is 0.621. The largest absolute Gasteiger partial charge is 0.383 e. The van der Waals surface area contributed by atoms with Crippen molar-refractivity contribution in [2.45, 2.75) is 58.9 Å². The third kappa shape index (κ3) is 2.57. The summed E-state index contributed by atoms with van der Waals surface area (Å²) < 4.78 is 0. The van der Waals surface area contributed by atoms with E-state index >= 15 is 0 Å². The van der Waals surface area contributed by atoms with E-state index in [2.05, 4.69) is 21.8 Å². The van der Waals surface area contributed by atoms with Crippen molar-refractivity contribution in [3.05, 3.63) is 11.4 Å². The van der Waals surface area contributed by atoms with Gasteiger partial charge < -0.3 is 10.6 Å². The molecule has 1 atom stereocenters. The number of hydrogen-bond donors (Lipinski definition) is 1. The van der Waals surface area contributed by atoms with Crippen molar-refractivity contribution < 1.29 is 0 Å². The van der Waals surface area contributed by atoms with Crippen LogP contribution in [0.3, 0.4) is 0 Å². The van der Waals surface area contributed by atoms with E-state index in [4.69, 9.17) is 5.73 Å². The summed E-state index contributed by atoms with van der Waals surface area (Å²) in [5, 5.41) is 0. The molecule has 0 aliphatic carbocycles. The molecule has 0 saturated carbocycles. The average molecular weight is 248 g/mol. The summed E-state index contributed by atoms with van der Waals surface area (Å²) in [4.78, 5) is 11.3. The molecule has 1 aromatic heterocycles. The fourth-order valence-corrected chi connectivity index (χ4v) is 2.83. The predicted molar refractivity (Wildman–Crippen MR) is 75.8 cm³/mol. The zero-order chi connectivity index (χ0) is 13.1. The number of hydrogen-bond acceptors (Lipinski definition) is 4. The van der Waals surface area contributed by atoms with Gasteiger partial charge >= 0.3 is 0 Å². The summed E-state index contributed by atoms with van der Waals surface area (Å²) in [7, 11) is 0. The van der Waals surface area contributed by atoms with Gasteiger partial charge in [0.25, 0.3) is 0 Å². The van der Waals surface area contributed by atoms with E-state index in [0.29, 0.717) is 11.9 Å². The number of rotatable bonds is 3. The van der Waals surface area contributed by atoms with Gasteiger partial charge in [0.15, 0.2) is 0 Å². The van der Waals surface area contributed by atoms with Crippen LogP contribution in [0.4, 0.5) is 11.6 Å². The second kappa shape index (κ2) is 5.55. The topological polar surface area (TPSA) is 55.0 Å². The van der Waals surface area contributed by atoms with Crippen molar-refractivity contribution in [3.8, 4) is 0 Å². The van der Waals surface area contributed by atoms with E-state index in [0.717, 1.165) is 23.8 Å². The molecular weight excluding hydrogens is 224 g/mol. The van der Waals surface area contributed by atoms with Crippen molar-refractivity contribution in [2.75, 3.05) is 17.2 Å². The predicted octanol–water partition coefficient (Wildman–Crippen LogP) is 2.83. The van der Waals surface area contributed by atoms with Crippen LogP contribution in [0.25, 0.3) is 0 Å². The van der Waals surface area contributed by atoms with E-state index in [-0.39, 0.29) is 0 Å². The van der Waals surface area contributed by atoms with Gasteiger partial charge in [-0.05, 0) is 39.5 Å². The molecule has 1 saturated heterocycles. The van der Waals surface area contributed by atoms with Crippen LogP contribution in [0, 0.1) is 13.8 Å². The zero-order valence-corrected chi connectivity index (χ0v) is 11.7. The van der Waals surface area contributed by atoms with Gasteiger partial charge in [0, 0.05) is 18.2 Å². The molecule has 1 aromatic rings. The van der Waals surface area contributed by atoms with Gasteiger partial charge in [-0.25, -0.2) is 9.97 Å². The summed E-state index contributed by atoms with van der Waals surface area (Å²) >= 11 is 0. The average Bonchev–Trinajstić information content (AvgIpc) is 2.35. The summed E-state index contributed by atoms with van der Waals surface area (Å²) in [6.45, 7) is 7.29. The second-order valence-electron chi connectivity index (χ2n) is 5.24. The molecule has 1 unspecified atom stereocenters. The smallest absolute Gasteiger partial charge is 0.137 e. The Labute approximate surface area is 110 Å². The Balaban J connectivity index is 2.33. The molecule has 1 aliphatic heterocycles. The number of anilines is 2. The first-order valence-electron chi connectivity index (χ1n) is 7.00. The molecule has 0 amide bonds. The molecule has 2 heterocycles. The highest BCUT2D eigenvalue weighted by Crippen LogP contribution is 2.29. The van der Waals surface area contributed by atoms with E-state index in [1.165, 1.54) is 32.1 Å². The Bertz CT molecular complexity index is 415. The Morgan fingerprint density at radius 2 is 2.06 bits per heavy atom. The summed E-state index contributed by atoms with van der Waals surface area (Å²) in [6.07, 6.45) is 6.32. The van der Waals surface area contributed by atoms with Gasteiger partial charge in [-0.3, -0.25) is 0 Å². The molecule has 4 heteroatoms. The quantitative estimate of drug-likeness (QED) is 0.893. The molecule has 2 rings (SSSR count). The first-order chi connectivity index (χ1) is 8.63. The molecule has 18 heavy (non-hydrogen) atoms. The summed E-state index contributed by atoms with van der Waals surface area (Å²) in [5.41, 5.74) is 7.00. The van der Waals surface area contributed by atoms with E-state index < -0.39 is 0 Å². The fourth-order valence-electron chi connectivity index (χ4n) is 2.83. The van der Waals surface area contributed by atoms with Crippen LogP contribution < -0.4 is 10.6 Å². The molecule has 0 spiro atoms. The SMILES string of the molecule is CCCC1CCCCN1c1nc(C)nc(N)c1C. The number of aromatic nitrogens is 2. The molecule has 100 valence electrons. The van der Waals surface area contributed by atoms with Crippen LogP contribution in [0.2, 0.25) is 0 Å². The van der Waals surface area contributed by atoms with Crippen molar-refractivity contribution in [1.82, 2.24) is 9.97 Å². The molecule has 1 aliphatic rings. The Kier molecular flexibility index (Phi) is 4.04. The highest BCUT2D eigenvalue weighted by molar-refractivity contribution is 5.57. The van der Waals surface area contributed by atoms with Crippen LogP contribution in [0.5, 0.6) is 0 Å². The van der Waals surface area contributed by atoms with Crippen molar-refractivity contribution in [1.29, 1.82) is 0 Å². The normalized spacial score (nSPS) is 20.2. The van der Waals surface area contributed by atoms with Crippen molar-refractivity contribution in [2.24, 2.45) is 0 Å². The van der Waals surface area contributed by atoms with E-state index in [1.807, 2.05) is 13.8 Å². The standard InChI is InChI=1S/C14H24N4/c1-4-7-12-8-5-6-9-18(12)14-10(2)13(15)16-11(3)17-14/h12H,4-9H2,1-3H3,(H2,15,16,17). The van der Waals surface area contributed by atoms with Gasteiger partial charge in [-0.2, -0.15) is 0 Å². The Morgan fingerprint density at radius 1 is 1.28 bits per heavy atom. The van der Waals surface area contributed by atoms with Gasteiger partial charge in [0.2, 0.25) is 0 Å². The number of nitrogen functional groups attached to an aromatic ring is 1. The van der Waals surface area contributed by atoms with Crippen LogP contribution in [0.15, 0.2) is 0 Å². The maximum absolute atomic E-state index is 5.97. The lowest BCUT2D eigenvalue weighted by molar-refractivity contribution is 0.431. The summed E-state index contributed by atoms with van der Waals surface area (Å²) in [5.74, 6) is 2.45. The lowest BCUT2D eigenvalue weighted by atomic mass is 9.98. The van der Waals surface area contributed by atoms with Crippen LogP contribution in [0.1, 0.15) is 50.4 Å². The molecular formula is C14H24N4. The molecule has 0 aromatic carbocycles. The van der Waals surface area contributed by atoms with Gasteiger partial charge in [0.1, 0.15) is 17.5 Å². The molecule has 0 radical (unpaired) electrons. The molecule has 1 fully saturated rings. The monoisotopic (exact) mass is 248 g/mol. The van der Waals surface area contributed by atoms with Gasteiger partial charge in [0.05, 0.1) is 0 Å². The number of nitrogens with zero attached hydrogens (tertiary/aromatic N) is 3. The minimum absolute atomic E-state index is 0.621. The van der Waals surface area contributed by atoms with Crippen LogP contribution in [-0.2, 0) is 0 Å². The van der Waals surface area contributed by atoms with Crippen molar-refractivity contribution >= 4 is 11.6 Å². The maximum atomic E-state index is 5.97. The highest BCUT2D eigenvalue weighted by Gasteiger charge is 2.25. The lowest BCUT2D eigenvalue weighted by Gasteiger charge is -2.37.